The molecule has 0 spiro atoms. The molecule has 0 amide bonds. The second-order valence-corrected chi connectivity index (χ2v) is 4.79. The van der Waals surface area contributed by atoms with Crippen molar-refractivity contribution in [1.29, 1.82) is 0 Å². The first-order valence-corrected chi connectivity index (χ1v) is 6.99. The lowest BCUT2D eigenvalue weighted by atomic mass is 10.1. The Morgan fingerprint density at radius 2 is 2.21 bits per heavy atom. The van der Waals surface area contributed by atoms with Crippen LogP contribution in [0.25, 0.3) is 0 Å². The minimum atomic E-state index is -0.353. The number of hydrogen-bond donors (Lipinski definition) is 1. The highest BCUT2D eigenvalue weighted by atomic mass is 16.5. The Bertz CT molecular complexity index is 393. The highest BCUT2D eigenvalue weighted by molar-refractivity contribution is 5.94. The van der Waals surface area contributed by atoms with Gasteiger partial charge < -0.3 is 10.1 Å². The SMILES string of the molecule is CCCCCCC(C)Nc1ncccc1C(=O)OC. The lowest BCUT2D eigenvalue weighted by Crippen LogP contribution is -2.18. The van der Waals surface area contributed by atoms with Gasteiger partial charge in [-0.3, -0.25) is 0 Å². The van der Waals surface area contributed by atoms with Gasteiger partial charge in [-0.25, -0.2) is 9.78 Å². The van der Waals surface area contributed by atoms with Crippen LogP contribution in [0.3, 0.4) is 0 Å². The van der Waals surface area contributed by atoms with Crippen LogP contribution in [0.5, 0.6) is 0 Å². The molecule has 1 rings (SSSR count). The fourth-order valence-corrected chi connectivity index (χ4v) is 1.98. The average Bonchev–Trinajstić information content (AvgIpc) is 2.43. The van der Waals surface area contributed by atoms with E-state index in [0.717, 1.165) is 6.42 Å². The summed E-state index contributed by atoms with van der Waals surface area (Å²) in [5.74, 6) is 0.256. The van der Waals surface area contributed by atoms with Gasteiger partial charge in [0.25, 0.3) is 0 Å². The number of pyridine rings is 1. The summed E-state index contributed by atoms with van der Waals surface area (Å²) >= 11 is 0. The van der Waals surface area contributed by atoms with Gasteiger partial charge >= 0.3 is 5.97 Å². The lowest BCUT2D eigenvalue weighted by molar-refractivity contribution is 0.0601. The molecule has 1 aromatic heterocycles. The third-order valence-corrected chi connectivity index (χ3v) is 3.09. The second-order valence-electron chi connectivity index (χ2n) is 4.79. The number of hydrogen-bond acceptors (Lipinski definition) is 4. The van der Waals surface area contributed by atoms with E-state index < -0.39 is 0 Å². The van der Waals surface area contributed by atoms with Crippen molar-refractivity contribution in [2.75, 3.05) is 12.4 Å². The lowest BCUT2D eigenvalue weighted by Gasteiger charge is -2.16. The van der Waals surface area contributed by atoms with Crippen molar-refractivity contribution in [3.63, 3.8) is 0 Å². The number of carbonyl (C=O) groups is 1. The van der Waals surface area contributed by atoms with E-state index in [-0.39, 0.29) is 5.97 Å². The van der Waals surface area contributed by atoms with Gasteiger partial charge in [-0.05, 0) is 25.5 Å². The molecule has 0 aliphatic heterocycles. The molecule has 4 nitrogen and oxygen atoms in total. The third kappa shape index (κ3) is 5.28. The topological polar surface area (TPSA) is 51.2 Å². The minimum absolute atomic E-state index is 0.301. The number of anilines is 1. The van der Waals surface area contributed by atoms with Gasteiger partial charge in [0.1, 0.15) is 11.4 Å². The van der Waals surface area contributed by atoms with E-state index in [2.05, 4.69) is 24.1 Å². The van der Waals surface area contributed by atoms with E-state index >= 15 is 0 Å². The molecule has 0 bridgehead atoms. The molecule has 0 saturated heterocycles. The zero-order valence-corrected chi connectivity index (χ0v) is 12.1. The molecule has 1 aromatic rings. The maximum absolute atomic E-state index is 11.6. The van der Waals surface area contributed by atoms with Crippen LogP contribution in [0.4, 0.5) is 5.82 Å². The smallest absolute Gasteiger partial charge is 0.341 e. The summed E-state index contributed by atoms with van der Waals surface area (Å²) < 4.78 is 4.75. The van der Waals surface area contributed by atoms with Crippen LogP contribution in [0.15, 0.2) is 18.3 Å². The molecular formula is C15H24N2O2. The first-order chi connectivity index (χ1) is 9.19. The van der Waals surface area contributed by atoms with Crippen molar-refractivity contribution in [1.82, 2.24) is 4.98 Å². The molecule has 1 atom stereocenters. The molecule has 1 unspecified atom stereocenters. The Morgan fingerprint density at radius 1 is 1.42 bits per heavy atom. The van der Waals surface area contributed by atoms with E-state index in [1.165, 1.54) is 32.8 Å². The normalized spacial score (nSPS) is 11.9. The van der Waals surface area contributed by atoms with Crippen molar-refractivity contribution < 1.29 is 9.53 Å². The standard InChI is InChI=1S/C15H24N2O2/c1-4-5-6-7-9-12(2)17-14-13(15(18)19-3)10-8-11-16-14/h8,10-12H,4-7,9H2,1-3H3,(H,16,17). The van der Waals surface area contributed by atoms with Gasteiger partial charge in [0.2, 0.25) is 0 Å². The third-order valence-electron chi connectivity index (χ3n) is 3.09. The van der Waals surface area contributed by atoms with Crippen molar-refractivity contribution in [2.24, 2.45) is 0 Å². The molecular weight excluding hydrogens is 240 g/mol. The number of ether oxygens (including phenoxy) is 1. The first kappa shape index (κ1) is 15.5. The fourth-order valence-electron chi connectivity index (χ4n) is 1.98. The van der Waals surface area contributed by atoms with Crippen molar-refractivity contribution in [2.45, 2.75) is 52.0 Å². The number of esters is 1. The Kier molecular flexibility index (Phi) is 6.93. The quantitative estimate of drug-likeness (QED) is 0.575. The van der Waals surface area contributed by atoms with Gasteiger partial charge in [-0.1, -0.05) is 32.6 Å². The number of unbranched alkanes of at least 4 members (excludes halogenated alkanes) is 3. The summed E-state index contributed by atoms with van der Waals surface area (Å²) in [6.45, 7) is 4.32. The van der Waals surface area contributed by atoms with E-state index in [0.29, 0.717) is 17.4 Å². The van der Waals surface area contributed by atoms with Crippen LogP contribution >= 0.6 is 0 Å². The number of aromatic nitrogens is 1. The molecule has 0 aliphatic carbocycles. The molecule has 4 heteroatoms. The zero-order valence-electron chi connectivity index (χ0n) is 12.1. The molecule has 1 heterocycles. The molecule has 106 valence electrons. The van der Waals surface area contributed by atoms with Crippen LogP contribution in [-0.4, -0.2) is 24.1 Å². The molecule has 0 saturated carbocycles. The Hall–Kier alpha value is -1.58. The van der Waals surface area contributed by atoms with Crippen molar-refractivity contribution >= 4 is 11.8 Å². The van der Waals surface area contributed by atoms with Crippen molar-refractivity contribution in [3.05, 3.63) is 23.9 Å². The molecule has 0 aliphatic rings. The predicted molar refractivity (Wildman–Crippen MR) is 77.4 cm³/mol. The average molecular weight is 264 g/mol. The second kappa shape index (κ2) is 8.51. The predicted octanol–water partition coefficient (Wildman–Crippen LogP) is 3.64. The zero-order chi connectivity index (χ0) is 14.1. The largest absolute Gasteiger partial charge is 0.465 e. The van der Waals surface area contributed by atoms with Crippen LogP contribution in [0.2, 0.25) is 0 Å². The maximum Gasteiger partial charge on any atom is 0.341 e. The molecule has 19 heavy (non-hydrogen) atoms. The number of carbonyl (C=O) groups excluding carboxylic acids is 1. The van der Waals surface area contributed by atoms with Gasteiger partial charge in [0, 0.05) is 12.2 Å². The Labute approximate surface area is 115 Å². The van der Waals surface area contributed by atoms with Gasteiger partial charge in [-0.2, -0.15) is 0 Å². The summed E-state index contributed by atoms with van der Waals surface area (Å²) in [4.78, 5) is 15.8. The molecule has 0 fully saturated rings. The van der Waals surface area contributed by atoms with Gasteiger partial charge in [0.15, 0.2) is 0 Å². The van der Waals surface area contributed by atoms with Gasteiger partial charge in [0.05, 0.1) is 7.11 Å². The first-order valence-electron chi connectivity index (χ1n) is 6.99. The maximum atomic E-state index is 11.6. The summed E-state index contributed by atoms with van der Waals surface area (Å²) in [7, 11) is 1.38. The molecule has 1 N–H and O–H groups in total. The Morgan fingerprint density at radius 3 is 2.89 bits per heavy atom. The molecule has 0 aromatic carbocycles. The molecule has 0 radical (unpaired) electrons. The van der Waals surface area contributed by atoms with Crippen LogP contribution in [0, 0.1) is 0 Å². The number of methoxy groups -OCH3 is 1. The Balaban J connectivity index is 2.54. The summed E-state index contributed by atoms with van der Waals surface area (Å²) in [5.41, 5.74) is 0.491. The summed E-state index contributed by atoms with van der Waals surface area (Å²) in [5, 5.41) is 3.29. The number of rotatable bonds is 8. The fraction of sp³-hybridized carbons (Fsp3) is 0.600. The van der Waals surface area contributed by atoms with E-state index in [4.69, 9.17) is 4.74 Å². The number of nitrogens with one attached hydrogen (secondary N) is 1. The monoisotopic (exact) mass is 264 g/mol. The summed E-state index contributed by atoms with van der Waals surface area (Å²) in [6, 6.07) is 3.77. The van der Waals surface area contributed by atoms with E-state index in [1.807, 2.05) is 0 Å². The van der Waals surface area contributed by atoms with Crippen LogP contribution in [-0.2, 0) is 4.74 Å². The van der Waals surface area contributed by atoms with Gasteiger partial charge in [-0.15, -0.1) is 0 Å². The number of nitrogens with zero attached hydrogens (tertiary/aromatic N) is 1. The highest BCUT2D eigenvalue weighted by Gasteiger charge is 2.13. The summed E-state index contributed by atoms with van der Waals surface area (Å²) in [6.07, 6.45) is 7.74. The highest BCUT2D eigenvalue weighted by Crippen LogP contribution is 2.16. The van der Waals surface area contributed by atoms with Crippen LogP contribution < -0.4 is 5.32 Å². The minimum Gasteiger partial charge on any atom is -0.465 e. The van der Waals surface area contributed by atoms with Crippen molar-refractivity contribution in [3.8, 4) is 0 Å². The van der Waals surface area contributed by atoms with Crippen LogP contribution in [0.1, 0.15) is 56.3 Å². The van der Waals surface area contributed by atoms with E-state index in [9.17, 15) is 4.79 Å². The van der Waals surface area contributed by atoms with E-state index in [1.54, 1.807) is 18.3 Å².